The zero-order valence-electron chi connectivity index (χ0n) is 18.4. The van der Waals surface area contributed by atoms with Crippen molar-refractivity contribution < 1.29 is 9.53 Å². The number of nitrogens with zero attached hydrogens (tertiary/aromatic N) is 3. The van der Waals surface area contributed by atoms with Gasteiger partial charge in [0.1, 0.15) is 12.4 Å². The molecular weight excluding hydrogens is 510 g/mol. The molecule has 3 aromatic rings. The second-order valence-corrected chi connectivity index (χ2v) is 10.0. The largest absolute Gasteiger partial charge is 0.489 e. The van der Waals surface area contributed by atoms with Crippen molar-refractivity contribution in [2.45, 2.75) is 18.9 Å². The number of amides is 1. The molecule has 0 aromatic heterocycles. The van der Waals surface area contributed by atoms with Gasteiger partial charge in [-0.3, -0.25) is 9.69 Å². The molecule has 1 saturated heterocycles. The molecule has 0 N–H and O–H groups in total. The van der Waals surface area contributed by atoms with Crippen molar-refractivity contribution in [3.05, 3.63) is 105 Å². The Morgan fingerprint density at radius 1 is 1.06 bits per heavy atom. The molecule has 2 aliphatic heterocycles. The van der Waals surface area contributed by atoms with Gasteiger partial charge >= 0.3 is 0 Å². The van der Waals surface area contributed by atoms with Gasteiger partial charge in [0.05, 0.1) is 29.2 Å². The summed E-state index contributed by atoms with van der Waals surface area (Å²) in [4.78, 5) is 17.1. The third-order valence-electron chi connectivity index (χ3n) is 5.99. The Labute approximate surface area is 211 Å². The second kappa shape index (κ2) is 9.96. The zero-order chi connectivity index (χ0) is 23.5. The van der Waals surface area contributed by atoms with Gasteiger partial charge in [-0.05, 0) is 47.5 Å². The highest BCUT2D eigenvalue weighted by Gasteiger charge is 2.38. The topological polar surface area (TPSA) is 56.6 Å². The SMILES string of the molecule is N#CC1=C2SCN(c3ccc(Br)cc3)CN2C(=O)C[C@@H]1c1cccc(OCc2ccccc2)c1. The van der Waals surface area contributed by atoms with E-state index in [9.17, 15) is 10.1 Å². The third-order valence-corrected chi connectivity index (χ3v) is 7.68. The van der Waals surface area contributed by atoms with Crippen LogP contribution in [0.25, 0.3) is 0 Å². The number of hydrogen-bond donors (Lipinski definition) is 0. The maximum Gasteiger partial charge on any atom is 0.229 e. The number of ether oxygens (including phenoxy) is 1. The minimum Gasteiger partial charge on any atom is -0.489 e. The van der Waals surface area contributed by atoms with Crippen molar-refractivity contribution in [3.63, 3.8) is 0 Å². The van der Waals surface area contributed by atoms with Crippen LogP contribution in [-0.4, -0.2) is 23.4 Å². The van der Waals surface area contributed by atoms with Crippen LogP contribution < -0.4 is 9.64 Å². The lowest BCUT2D eigenvalue weighted by Gasteiger charge is -2.42. The first-order valence-corrected chi connectivity index (χ1v) is 12.7. The van der Waals surface area contributed by atoms with E-state index in [4.69, 9.17) is 4.74 Å². The Bertz CT molecular complexity index is 1270. The highest BCUT2D eigenvalue weighted by molar-refractivity contribution is 9.10. The van der Waals surface area contributed by atoms with Crippen molar-refractivity contribution in [1.82, 2.24) is 4.90 Å². The lowest BCUT2D eigenvalue weighted by molar-refractivity contribution is -0.129. The summed E-state index contributed by atoms with van der Waals surface area (Å²) in [7, 11) is 0. The number of nitriles is 1. The number of benzene rings is 3. The van der Waals surface area contributed by atoms with E-state index in [1.165, 1.54) is 0 Å². The maximum atomic E-state index is 13.2. The van der Waals surface area contributed by atoms with Crippen LogP contribution in [0.4, 0.5) is 5.69 Å². The predicted octanol–water partition coefficient (Wildman–Crippen LogP) is 6.25. The number of fused-ring (bicyclic) bond motifs is 1. The van der Waals surface area contributed by atoms with Crippen molar-refractivity contribution in [3.8, 4) is 11.8 Å². The van der Waals surface area contributed by atoms with Gasteiger partial charge in [0, 0.05) is 22.5 Å². The standard InChI is InChI=1S/C27H22BrN3O2S/c28-21-9-11-22(12-10-21)30-17-31-26(32)14-24(25(15-29)27(31)34-18-30)20-7-4-8-23(13-20)33-16-19-5-2-1-3-6-19/h1-13,24H,14,16-18H2/t24-/m1/s1. The molecule has 5 rings (SSSR count). The number of hydrogen-bond acceptors (Lipinski definition) is 5. The first-order valence-electron chi connectivity index (χ1n) is 11.0. The average Bonchev–Trinajstić information content (AvgIpc) is 2.88. The van der Waals surface area contributed by atoms with E-state index >= 15 is 0 Å². The molecule has 0 radical (unpaired) electrons. The summed E-state index contributed by atoms with van der Waals surface area (Å²) in [6, 6.07) is 28.2. The van der Waals surface area contributed by atoms with Crippen LogP contribution >= 0.6 is 27.7 Å². The van der Waals surface area contributed by atoms with Crippen LogP contribution in [0.5, 0.6) is 5.75 Å². The molecular formula is C27H22BrN3O2S. The van der Waals surface area contributed by atoms with Gasteiger partial charge in [0.25, 0.3) is 0 Å². The van der Waals surface area contributed by atoms with Gasteiger partial charge in [0.2, 0.25) is 5.91 Å². The number of halogens is 1. The fourth-order valence-corrected chi connectivity index (χ4v) is 5.66. The molecule has 170 valence electrons. The predicted molar refractivity (Wildman–Crippen MR) is 138 cm³/mol. The molecule has 3 aromatic carbocycles. The van der Waals surface area contributed by atoms with E-state index in [0.29, 0.717) is 24.7 Å². The summed E-state index contributed by atoms with van der Waals surface area (Å²) < 4.78 is 7.00. The molecule has 5 nitrogen and oxygen atoms in total. The smallest absolute Gasteiger partial charge is 0.229 e. The lowest BCUT2D eigenvalue weighted by atomic mass is 9.86. The van der Waals surface area contributed by atoms with E-state index in [-0.39, 0.29) is 18.2 Å². The van der Waals surface area contributed by atoms with Crippen molar-refractivity contribution in [2.75, 3.05) is 17.4 Å². The molecule has 2 heterocycles. The summed E-state index contributed by atoms with van der Waals surface area (Å²) in [5, 5.41) is 10.8. The number of carbonyl (C=O) groups excluding carboxylic acids is 1. The fourth-order valence-electron chi connectivity index (χ4n) is 4.22. The number of carbonyl (C=O) groups is 1. The summed E-state index contributed by atoms with van der Waals surface area (Å²) >= 11 is 5.01. The normalized spacial score (nSPS) is 17.9. The molecule has 7 heteroatoms. The van der Waals surface area contributed by atoms with Gasteiger partial charge in [-0.15, -0.1) is 0 Å². The van der Waals surface area contributed by atoms with Gasteiger partial charge in [0.15, 0.2) is 0 Å². The Morgan fingerprint density at radius 2 is 1.85 bits per heavy atom. The molecule has 34 heavy (non-hydrogen) atoms. The summed E-state index contributed by atoms with van der Waals surface area (Å²) in [6.45, 7) is 0.913. The Morgan fingerprint density at radius 3 is 2.62 bits per heavy atom. The van der Waals surface area contributed by atoms with Gasteiger partial charge < -0.3 is 9.64 Å². The Balaban J connectivity index is 1.37. The first-order chi connectivity index (χ1) is 16.6. The molecule has 0 unspecified atom stereocenters. The lowest BCUT2D eigenvalue weighted by Crippen LogP contribution is -2.47. The number of rotatable bonds is 5. The molecule has 1 amide bonds. The highest BCUT2D eigenvalue weighted by atomic mass is 79.9. The van der Waals surface area contributed by atoms with E-state index in [1.54, 1.807) is 16.7 Å². The van der Waals surface area contributed by atoms with Crippen LogP contribution in [-0.2, 0) is 11.4 Å². The number of allylic oxidation sites excluding steroid dienone is 1. The van der Waals surface area contributed by atoms with E-state index in [0.717, 1.165) is 32.1 Å². The summed E-state index contributed by atoms with van der Waals surface area (Å²) in [5.41, 5.74) is 3.72. The maximum absolute atomic E-state index is 13.2. The van der Waals surface area contributed by atoms with E-state index < -0.39 is 0 Å². The van der Waals surface area contributed by atoms with Gasteiger partial charge in [-0.1, -0.05) is 70.2 Å². The third kappa shape index (κ3) is 4.70. The zero-order valence-corrected chi connectivity index (χ0v) is 20.8. The van der Waals surface area contributed by atoms with E-state index in [2.05, 4.69) is 26.9 Å². The molecule has 0 saturated carbocycles. The van der Waals surface area contributed by atoms with Crippen molar-refractivity contribution >= 4 is 39.3 Å². The Hall–Kier alpha value is -3.21. The van der Waals surface area contributed by atoms with Gasteiger partial charge in [-0.25, -0.2) is 0 Å². The van der Waals surface area contributed by atoms with Crippen LogP contribution in [0.15, 0.2) is 93.9 Å². The van der Waals surface area contributed by atoms with E-state index in [1.807, 2.05) is 78.9 Å². The molecule has 0 aliphatic carbocycles. The van der Waals surface area contributed by atoms with Gasteiger partial charge in [-0.2, -0.15) is 5.26 Å². The van der Waals surface area contributed by atoms with Crippen molar-refractivity contribution in [2.24, 2.45) is 0 Å². The number of anilines is 1. The Kier molecular flexibility index (Phi) is 6.61. The fraction of sp³-hybridized carbons (Fsp3) is 0.185. The van der Waals surface area contributed by atoms with Crippen LogP contribution in [0.1, 0.15) is 23.5 Å². The second-order valence-electron chi connectivity index (χ2n) is 8.19. The van der Waals surface area contributed by atoms with Crippen LogP contribution in [0, 0.1) is 11.3 Å². The minimum absolute atomic E-state index is 0.0314. The molecule has 1 atom stereocenters. The molecule has 0 bridgehead atoms. The average molecular weight is 532 g/mol. The van der Waals surface area contributed by atoms with Crippen LogP contribution in [0.3, 0.4) is 0 Å². The monoisotopic (exact) mass is 531 g/mol. The molecule has 2 aliphatic rings. The first kappa shape index (κ1) is 22.6. The minimum atomic E-state index is -0.268. The molecule has 1 fully saturated rings. The quantitative estimate of drug-likeness (QED) is 0.389. The number of thioether (sulfide) groups is 1. The summed E-state index contributed by atoms with van der Waals surface area (Å²) in [5.74, 6) is 1.18. The highest BCUT2D eigenvalue weighted by Crippen LogP contribution is 2.43. The molecule has 0 spiro atoms. The van der Waals surface area contributed by atoms with Crippen LogP contribution in [0.2, 0.25) is 0 Å². The van der Waals surface area contributed by atoms with Crippen molar-refractivity contribution in [1.29, 1.82) is 5.26 Å². The summed E-state index contributed by atoms with van der Waals surface area (Å²) in [6.07, 6.45) is 0.267.